The molecule has 1 heterocycles. The number of aromatic amines is 1. The van der Waals surface area contributed by atoms with Crippen molar-refractivity contribution in [1.29, 1.82) is 0 Å². The van der Waals surface area contributed by atoms with E-state index in [0.717, 1.165) is 10.9 Å². The molecule has 0 amide bonds. The summed E-state index contributed by atoms with van der Waals surface area (Å²) < 4.78 is 0. The van der Waals surface area contributed by atoms with E-state index in [-0.39, 0.29) is 6.61 Å². The van der Waals surface area contributed by atoms with Crippen LogP contribution >= 0.6 is 11.6 Å². The van der Waals surface area contributed by atoms with Gasteiger partial charge in [-0.2, -0.15) is 0 Å². The molecule has 3 N–H and O–H groups in total. The van der Waals surface area contributed by atoms with Gasteiger partial charge in [0.15, 0.2) is 0 Å². The predicted molar refractivity (Wildman–Crippen MR) is 55.4 cm³/mol. The molecule has 2 rings (SSSR count). The summed E-state index contributed by atoms with van der Waals surface area (Å²) in [5.41, 5.74) is 1.50. The second-order valence-corrected chi connectivity index (χ2v) is 3.59. The van der Waals surface area contributed by atoms with Crippen molar-refractivity contribution in [3.63, 3.8) is 0 Å². The van der Waals surface area contributed by atoms with E-state index >= 15 is 0 Å². The lowest BCUT2D eigenvalue weighted by molar-refractivity contribution is 0.0928. The highest BCUT2D eigenvalue weighted by Gasteiger charge is 2.09. The minimum Gasteiger partial charge on any atom is -0.393 e. The summed E-state index contributed by atoms with van der Waals surface area (Å²) in [6.45, 7) is -0.291. The maximum Gasteiger partial charge on any atom is 0.117 e. The third-order valence-electron chi connectivity index (χ3n) is 2.14. The Labute approximate surface area is 85.9 Å². The van der Waals surface area contributed by atoms with Gasteiger partial charge in [0.25, 0.3) is 0 Å². The Morgan fingerprint density at radius 1 is 1.36 bits per heavy atom. The highest BCUT2D eigenvalue weighted by Crippen LogP contribution is 2.22. The highest BCUT2D eigenvalue weighted by atomic mass is 35.5. The van der Waals surface area contributed by atoms with Crippen LogP contribution in [-0.2, 0) is 0 Å². The topological polar surface area (TPSA) is 56.2 Å². The average molecular weight is 212 g/mol. The van der Waals surface area contributed by atoms with Gasteiger partial charge >= 0.3 is 0 Å². The average Bonchev–Trinajstić information content (AvgIpc) is 2.59. The fourth-order valence-corrected chi connectivity index (χ4v) is 1.58. The number of H-pyrrole nitrogens is 1. The maximum absolute atomic E-state index is 9.39. The molecule has 0 aliphatic carbocycles. The zero-order chi connectivity index (χ0) is 10.1. The molecule has 14 heavy (non-hydrogen) atoms. The van der Waals surface area contributed by atoms with Crippen molar-refractivity contribution in [2.24, 2.45) is 0 Å². The molecule has 4 heteroatoms. The molecule has 0 fully saturated rings. The third kappa shape index (κ3) is 1.62. The zero-order valence-electron chi connectivity index (χ0n) is 7.37. The number of hydrogen-bond acceptors (Lipinski definition) is 2. The van der Waals surface area contributed by atoms with Gasteiger partial charge in [0.05, 0.1) is 6.61 Å². The number of rotatable bonds is 2. The van der Waals surface area contributed by atoms with Crippen LogP contribution in [0.3, 0.4) is 0 Å². The minimum atomic E-state index is -0.860. The Kier molecular flexibility index (Phi) is 2.46. The molecule has 0 radical (unpaired) electrons. The lowest BCUT2D eigenvalue weighted by Crippen LogP contribution is -2.01. The fourth-order valence-electron chi connectivity index (χ4n) is 1.40. The first-order chi connectivity index (χ1) is 6.70. The summed E-state index contributed by atoms with van der Waals surface area (Å²) in [6.07, 6.45) is -0.860. The maximum atomic E-state index is 9.39. The molecule has 0 aliphatic rings. The normalized spacial score (nSPS) is 13.4. The summed E-state index contributed by atoms with van der Waals surface area (Å²) in [6, 6.07) is 7.20. The molecule has 74 valence electrons. The fraction of sp³-hybridized carbons (Fsp3) is 0.200. The number of aliphatic hydroxyl groups is 2. The monoisotopic (exact) mass is 211 g/mol. The molecule has 0 saturated heterocycles. The van der Waals surface area contributed by atoms with E-state index in [2.05, 4.69) is 4.98 Å². The summed E-state index contributed by atoms with van der Waals surface area (Å²) in [5, 5.41) is 19.7. The molecule has 0 spiro atoms. The van der Waals surface area contributed by atoms with Gasteiger partial charge in [-0.1, -0.05) is 11.6 Å². The van der Waals surface area contributed by atoms with Crippen molar-refractivity contribution in [3.8, 4) is 0 Å². The molecular formula is C10H10ClNO2. The Morgan fingerprint density at radius 2 is 2.14 bits per heavy atom. The SMILES string of the molecule is OCC(O)c1cc2cc(Cl)ccc2[nH]1. The van der Waals surface area contributed by atoms with Gasteiger partial charge in [-0.3, -0.25) is 0 Å². The number of aromatic nitrogens is 1. The lowest BCUT2D eigenvalue weighted by atomic mass is 10.2. The first-order valence-electron chi connectivity index (χ1n) is 4.28. The molecule has 1 atom stereocenters. The van der Waals surface area contributed by atoms with E-state index in [1.165, 1.54) is 0 Å². The largest absolute Gasteiger partial charge is 0.393 e. The van der Waals surface area contributed by atoms with Gasteiger partial charge < -0.3 is 15.2 Å². The van der Waals surface area contributed by atoms with Crippen LogP contribution < -0.4 is 0 Å². The first-order valence-corrected chi connectivity index (χ1v) is 4.65. The van der Waals surface area contributed by atoms with Gasteiger partial charge in [0.1, 0.15) is 6.10 Å². The zero-order valence-corrected chi connectivity index (χ0v) is 8.12. The van der Waals surface area contributed by atoms with Crippen molar-refractivity contribution in [2.45, 2.75) is 6.10 Å². The molecule has 1 unspecified atom stereocenters. The van der Waals surface area contributed by atoms with Crippen LogP contribution in [-0.4, -0.2) is 21.8 Å². The van der Waals surface area contributed by atoms with Crippen LogP contribution in [0, 0.1) is 0 Å². The standard InChI is InChI=1S/C10H10ClNO2/c11-7-1-2-8-6(3-7)4-9(12-8)10(14)5-13/h1-4,10,12-14H,5H2. The van der Waals surface area contributed by atoms with Gasteiger partial charge in [-0.05, 0) is 24.3 Å². The van der Waals surface area contributed by atoms with Crippen LogP contribution in [0.4, 0.5) is 0 Å². The van der Waals surface area contributed by atoms with Gasteiger partial charge in [0.2, 0.25) is 0 Å². The highest BCUT2D eigenvalue weighted by molar-refractivity contribution is 6.31. The van der Waals surface area contributed by atoms with Crippen LogP contribution in [0.25, 0.3) is 10.9 Å². The summed E-state index contributed by atoms with van der Waals surface area (Å²) in [5.74, 6) is 0. The third-order valence-corrected chi connectivity index (χ3v) is 2.37. The molecule has 1 aromatic carbocycles. The number of halogens is 1. The van der Waals surface area contributed by atoms with Gasteiger partial charge in [0, 0.05) is 21.6 Å². The van der Waals surface area contributed by atoms with Crippen LogP contribution in [0.5, 0.6) is 0 Å². The van der Waals surface area contributed by atoms with Crippen LogP contribution in [0.2, 0.25) is 5.02 Å². The van der Waals surface area contributed by atoms with Gasteiger partial charge in [-0.15, -0.1) is 0 Å². The number of fused-ring (bicyclic) bond motifs is 1. The van der Waals surface area contributed by atoms with Crippen molar-refractivity contribution in [1.82, 2.24) is 4.98 Å². The van der Waals surface area contributed by atoms with E-state index in [1.54, 1.807) is 18.2 Å². The smallest absolute Gasteiger partial charge is 0.117 e. The molecule has 3 nitrogen and oxygen atoms in total. The van der Waals surface area contributed by atoms with E-state index < -0.39 is 6.10 Å². The Balaban J connectivity index is 2.51. The molecule has 0 aliphatic heterocycles. The summed E-state index contributed by atoms with van der Waals surface area (Å²) >= 11 is 5.82. The van der Waals surface area contributed by atoms with E-state index in [4.69, 9.17) is 16.7 Å². The quantitative estimate of drug-likeness (QED) is 0.710. The van der Waals surface area contributed by atoms with E-state index in [0.29, 0.717) is 10.7 Å². The molecule has 0 saturated carbocycles. The van der Waals surface area contributed by atoms with Crippen LogP contribution in [0.15, 0.2) is 24.3 Å². The second-order valence-electron chi connectivity index (χ2n) is 3.15. The van der Waals surface area contributed by atoms with Crippen LogP contribution in [0.1, 0.15) is 11.8 Å². The van der Waals surface area contributed by atoms with Crippen molar-refractivity contribution in [2.75, 3.05) is 6.61 Å². The number of nitrogens with one attached hydrogen (secondary N) is 1. The van der Waals surface area contributed by atoms with E-state index in [1.807, 2.05) is 6.07 Å². The van der Waals surface area contributed by atoms with E-state index in [9.17, 15) is 5.11 Å². The second kappa shape index (κ2) is 3.61. The van der Waals surface area contributed by atoms with Crippen molar-refractivity contribution < 1.29 is 10.2 Å². The Bertz CT molecular complexity index is 452. The number of benzene rings is 1. The molecular weight excluding hydrogens is 202 g/mol. The van der Waals surface area contributed by atoms with Gasteiger partial charge in [-0.25, -0.2) is 0 Å². The molecule has 0 bridgehead atoms. The Morgan fingerprint density at radius 3 is 2.86 bits per heavy atom. The lowest BCUT2D eigenvalue weighted by Gasteiger charge is -2.01. The summed E-state index contributed by atoms with van der Waals surface area (Å²) in [7, 11) is 0. The van der Waals surface area contributed by atoms with Crippen molar-refractivity contribution in [3.05, 3.63) is 35.0 Å². The Hall–Kier alpha value is -1.03. The first kappa shape index (κ1) is 9.52. The summed E-state index contributed by atoms with van der Waals surface area (Å²) in [4.78, 5) is 3.00. The number of hydrogen-bond donors (Lipinski definition) is 3. The molecule has 2 aromatic rings. The minimum absolute atomic E-state index is 0.291. The number of aliphatic hydroxyl groups excluding tert-OH is 2. The molecule has 1 aromatic heterocycles. The van der Waals surface area contributed by atoms with Crippen molar-refractivity contribution >= 4 is 22.5 Å². The predicted octanol–water partition coefficient (Wildman–Crippen LogP) is 1.85.